The van der Waals surface area contributed by atoms with Crippen LogP contribution in [0.25, 0.3) is 30.3 Å². The van der Waals surface area contributed by atoms with Crippen LogP contribution in [-0.4, -0.2) is 34.9 Å². The van der Waals surface area contributed by atoms with Crippen molar-refractivity contribution in [2.24, 2.45) is 15.7 Å². The van der Waals surface area contributed by atoms with Crippen LogP contribution >= 0.6 is 34.0 Å². The topological polar surface area (TPSA) is 218 Å². The number of allylic oxidation sites excluding steroid dienone is 4. The molecular formula is C50H26N6O7S3. The lowest BCUT2D eigenvalue weighted by atomic mass is 9.91. The molecular weight excluding hydrogens is 893 g/mol. The molecule has 0 saturated heterocycles. The number of ether oxygens (including phenoxy) is 3. The molecule has 4 aromatic carbocycles. The number of hydrogen-bond donors (Lipinski definition) is 1. The molecule has 13 nitrogen and oxygen atoms in total. The molecule has 1 aliphatic heterocycles. The first kappa shape index (κ1) is 41.4. The average Bonchev–Trinajstić information content (AvgIpc) is 4.16. The highest BCUT2D eigenvalue weighted by molar-refractivity contribution is 7.33. The van der Waals surface area contributed by atoms with Crippen LogP contribution in [0, 0.1) is 34.0 Å². The third-order valence-corrected chi connectivity index (χ3v) is 14.4. The van der Waals surface area contributed by atoms with Gasteiger partial charge in [-0.1, -0.05) is 109 Å². The van der Waals surface area contributed by atoms with Gasteiger partial charge in [0.15, 0.2) is 5.75 Å². The summed E-state index contributed by atoms with van der Waals surface area (Å²) >= 11 is 3.44. The second-order valence-corrected chi connectivity index (χ2v) is 17.9. The molecule has 0 bridgehead atoms. The Bertz CT molecular complexity index is 3470. The summed E-state index contributed by atoms with van der Waals surface area (Å²) in [6.07, 6.45) is 0. The Hall–Kier alpha value is -8.59. The van der Waals surface area contributed by atoms with E-state index in [-0.39, 0.29) is 63.4 Å². The molecule has 2 N–H and O–H groups in total. The van der Waals surface area contributed by atoms with Crippen LogP contribution in [0.2, 0.25) is 0 Å². The lowest BCUT2D eigenvalue weighted by Crippen LogP contribution is -2.52. The maximum atomic E-state index is 14.9. The van der Waals surface area contributed by atoms with Crippen LogP contribution in [0.3, 0.4) is 0 Å². The Kier molecular flexibility index (Phi) is 10.4. The lowest BCUT2D eigenvalue weighted by molar-refractivity contribution is -0.183. The van der Waals surface area contributed by atoms with Crippen molar-refractivity contribution in [2.75, 3.05) is 0 Å². The number of ketones is 2. The van der Waals surface area contributed by atoms with Gasteiger partial charge in [0.05, 0.1) is 19.2 Å². The van der Waals surface area contributed by atoms with Gasteiger partial charge in [-0.25, -0.2) is 19.6 Å². The van der Waals surface area contributed by atoms with Gasteiger partial charge in [-0.2, -0.15) is 15.8 Å². The maximum Gasteiger partial charge on any atom is 0.367 e. The number of esters is 2. The first-order chi connectivity index (χ1) is 32.1. The minimum atomic E-state index is -2.59. The van der Waals surface area contributed by atoms with E-state index in [9.17, 15) is 35.0 Å². The van der Waals surface area contributed by atoms with Crippen LogP contribution in [0.5, 0.6) is 5.75 Å². The minimum absolute atomic E-state index is 0.0521. The van der Waals surface area contributed by atoms with Crippen LogP contribution < -0.4 is 10.5 Å². The van der Waals surface area contributed by atoms with E-state index in [2.05, 4.69) is 0 Å². The van der Waals surface area contributed by atoms with E-state index in [1.54, 1.807) is 103 Å². The molecule has 316 valence electrons. The van der Waals surface area contributed by atoms with Gasteiger partial charge < -0.3 is 19.9 Å². The molecule has 0 radical (unpaired) electrons. The number of rotatable bonds is 8. The van der Waals surface area contributed by atoms with Crippen LogP contribution in [0.15, 0.2) is 143 Å². The number of Topliss-reactive ketones (excluding diaryl/α,β-unsaturated/α-hetero) is 2. The average molecular weight is 919 g/mol. The summed E-state index contributed by atoms with van der Waals surface area (Å²) in [5, 5.41) is 30.1. The molecule has 0 amide bonds. The summed E-state index contributed by atoms with van der Waals surface area (Å²) in [7, 11) is 0. The summed E-state index contributed by atoms with van der Waals surface area (Å²) in [4.78, 5) is 67.9. The molecule has 3 aliphatic rings. The van der Waals surface area contributed by atoms with Crippen LogP contribution in [0.4, 0.5) is 10.0 Å². The van der Waals surface area contributed by atoms with Crippen LogP contribution in [-0.2, 0) is 37.9 Å². The van der Waals surface area contributed by atoms with E-state index in [4.69, 9.17) is 29.9 Å². The van der Waals surface area contributed by atoms with Gasteiger partial charge >= 0.3 is 17.5 Å². The van der Waals surface area contributed by atoms with Gasteiger partial charge in [0.25, 0.3) is 0 Å². The highest BCUT2D eigenvalue weighted by Crippen LogP contribution is 2.60. The van der Waals surface area contributed by atoms with E-state index in [1.807, 2.05) is 30.3 Å². The molecule has 0 atom stereocenters. The highest BCUT2D eigenvalue weighted by Gasteiger charge is 2.59. The van der Waals surface area contributed by atoms with Crippen molar-refractivity contribution in [3.05, 3.63) is 172 Å². The highest BCUT2D eigenvalue weighted by atomic mass is 32.1. The molecule has 0 spiro atoms. The number of nitriles is 3. The van der Waals surface area contributed by atoms with E-state index in [0.717, 1.165) is 22.7 Å². The number of aliphatic imine (C=N–C) groups is 2. The summed E-state index contributed by atoms with van der Waals surface area (Å²) in [6, 6.07) is 40.0. The third kappa shape index (κ3) is 6.71. The number of carbonyl (C=O) groups is 4. The summed E-state index contributed by atoms with van der Waals surface area (Å²) in [5.74, 6) is -2.99. The zero-order chi connectivity index (χ0) is 45.7. The fraction of sp³-hybridized carbons (Fsp3) is 0.0600. The van der Waals surface area contributed by atoms with Crippen molar-refractivity contribution in [1.29, 1.82) is 15.8 Å². The van der Waals surface area contributed by atoms with Gasteiger partial charge in [-0.05, 0) is 34.4 Å². The molecule has 2 aliphatic carbocycles. The number of fused-ring (bicyclic) bond motifs is 7. The Balaban J connectivity index is 1.16. The lowest BCUT2D eigenvalue weighted by Gasteiger charge is -2.33. The van der Waals surface area contributed by atoms with Crippen molar-refractivity contribution in [2.45, 2.75) is 18.8 Å². The molecule has 66 heavy (non-hydrogen) atoms. The molecule has 4 heterocycles. The number of thiophene rings is 3. The third-order valence-electron chi connectivity index (χ3n) is 11.0. The molecule has 0 unspecified atom stereocenters. The molecule has 7 aromatic rings. The first-order valence-electron chi connectivity index (χ1n) is 19.9. The standard InChI is InChI=1S/C50H26N6O7S3/c51-21-28(22-52)38-29-15-7-9-17-31(29)42(57)40(38)56-37-20-35-46(66-37)44-47(64-35)45-33(19-36(65-45)55-41-39(34(54)23-53)30-16-8-10-18-32(30)43(41)58)50(63-44,48(59)61-24-26-11-3-1-4-12-26)49(60)62-25-27-13-5-2-6-14-27/h1-20H,24-25,54H2/b39-34+,55-41-,56-40-. The zero-order valence-corrected chi connectivity index (χ0v) is 36.3. The van der Waals surface area contributed by atoms with Gasteiger partial charge in [0.2, 0.25) is 11.6 Å². The second kappa shape index (κ2) is 16.5. The summed E-state index contributed by atoms with van der Waals surface area (Å²) < 4.78 is 19.7. The Morgan fingerprint density at radius 1 is 0.621 bits per heavy atom. The fourth-order valence-electron chi connectivity index (χ4n) is 7.95. The number of nitrogens with two attached hydrogens (primary N) is 1. The normalized spacial score (nSPS) is 16.0. The van der Waals surface area contributed by atoms with Crippen molar-refractivity contribution in [1.82, 2.24) is 0 Å². The van der Waals surface area contributed by atoms with E-state index < -0.39 is 29.1 Å². The van der Waals surface area contributed by atoms with Crippen LogP contribution in [0.1, 0.15) is 48.5 Å². The van der Waals surface area contributed by atoms with Crippen molar-refractivity contribution in [3.8, 4) is 33.7 Å². The van der Waals surface area contributed by atoms with Gasteiger partial charge in [0.1, 0.15) is 64.1 Å². The molecule has 10 rings (SSSR count). The number of hydrogen-bond acceptors (Lipinski definition) is 16. The number of carbonyl (C=O) groups excluding carboxylic acids is 4. The fourth-order valence-corrected chi connectivity index (χ4v) is 11.5. The molecule has 0 saturated carbocycles. The Labute approximate surface area is 386 Å². The zero-order valence-electron chi connectivity index (χ0n) is 33.9. The summed E-state index contributed by atoms with van der Waals surface area (Å²) in [5.41, 5.74) is 5.98. The Morgan fingerprint density at radius 3 is 1.67 bits per heavy atom. The van der Waals surface area contributed by atoms with E-state index in [0.29, 0.717) is 57.5 Å². The minimum Gasteiger partial charge on any atom is -0.457 e. The SMILES string of the molecule is N#CC(C#N)=C1/C(=N/c2cc3sc4c(c3s2)OC(C(=O)OCc2ccccc2)(C(=O)OCc2ccccc2)c2cc(/N=C3\C(=O)c5ccccc5\C3=C(/N)C#N)sc2-4)C(=O)c2ccccc21. The Morgan fingerprint density at radius 2 is 1.12 bits per heavy atom. The predicted octanol–water partition coefficient (Wildman–Crippen LogP) is 9.70. The number of nitrogens with zero attached hydrogens (tertiary/aromatic N) is 5. The first-order valence-corrected chi connectivity index (χ1v) is 22.3. The quantitative estimate of drug-likeness (QED) is 0.0859. The number of benzene rings is 4. The molecule has 16 heteroatoms. The van der Waals surface area contributed by atoms with E-state index >= 15 is 0 Å². The largest absolute Gasteiger partial charge is 0.457 e. The van der Waals surface area contributed by atoms with Crippen molar-refractivity contribution < 1.29 is 33.4 Å². The second-order valence-electron chi connectivity index (χ2n) is 14.8. The molecule has 0 fully saturated rings. The predicted molar refractivity (Wildman–Crippen MR) is 248 cm³/mol. The van der Waals surface area contributed by atoms with Gasteiger partial charge in [-0.3, -0.25) is 9.59 Å². The summed E-state index contributed by atoms with van der Waals surface area (Å²) in [6.45, 7) is -0.460. The monoisotopic (exact) mass is 918 g/mol. The van der Waals surface area contributed by atoms with Gasteiger partial charge in [-0.15, -0.1) is 34.0 Å². The maximum absolute atomic E-state index is 14.9. The smallest absolute Gasteiger partial charge is 0.367 e. The van der Waals surface area contributed by atoms with E-state index in [1.165, 1.54) is 17.4 Å². The molecule has 3 aromatic heterocycles. The van der Waals surface area contributed by atoms with Gasteiger partial charge in [0, 0.05) is 27.8 Å². The van der Waals surface area contributed by atoms with Crippen molar-refractivity contribution >= 4 is 99.5 Å². The van der Waals surface area contributed by atoms with Crippen molar-refractivity contribution in [3.63, 3.8) is 0 Å².